The van der Waals surface area contributed by atoms with Crippen LogP contribution in [-0.2, 0) is 4.79 Å². The third kappa shape index (κ3) is 3.55. The van der Waals surface area contributed by atoms with E-state index < -0.39 is 0 Å². The highest BCUT2D eigenvalue weighted by Crippen LogP contribution is 2.24. The van der Waals surface area contributed by atoms with E-state index in [9.17, 15) is 4.79 Å². The fourth-order valence-corrected chi connectivity index (χ4v) is 1.67. The first-order valence-corrected chi connectivity index (χ1v) is 6.07. The highest BCUT2D eigenvalue weighted by Gasteiger charge is 2.04. The van der Waals surface area contributed by atoms with Crippen LogP contribution in [0.15, 0.2) is 47.6 Å². The molecule has 0 saturated carbocycles. The summed E-state index contributed by atoms with van der Waals surface area (Å²) in [6.07, 6.45) is 0. The first-order chi connectivity index (χ1) is 9.16. The molecule has 0 saturated heterocycles. The summed E-state index contributed by atoms with van der Waals surface area (Å²) in [5, 5.41) is 5.92. The van der Waals surface area contributed by atoms with Crippen molar-refractivity contribution in [3.05, 3.63) is 42.5 Å². The van der Waals surface area contributed by atoms with Crippen LogP contribution in [0, 0.1) is 0 Å². The van der Waals surface area contributed by atoms with Gasteiger partial charge in [0.1, 0.15) is 5.75 Å². The van der Waals surface area contributed by atoms with Crippen LogP contribution in [-0.4, -0.2) is 18.2 Å². The number of nitrogens with zero attached hydrogens (tertiary/aromatic N) is 1. The summed E-state index contributed by atoms with van der Waals surface area (Å²) < 4.78 is 5.53. The van der Waals surface area contributed by atoms with E-state index in [4.69, 9.17) is 4.74 Å². The third-order valence-electron chi connectivity index (χ3n) is 2.51. The van der Waals surface area contributed by atoms with E-state index in [-0.39, 0.29) is 12.5 Å². The van der Waals surface area contributed by atoms with Gasteiger partial charge in [0.2, 0.25) is 0 Å². The van der Waals surface area contributed by atoms with Crippen molar-refractivity contribution >= 4 is 22.4 Å². The summed E-state index contributed by atoms with van der Waals surface area (Å²) in [6, 6.07) is 13.7. The number of fused-ring (bicyclic) bond motifs is 1. The lowest BCUT2D eigenvalue weighted by Crippen LogP contribution is -2.25. The van der Waals surface area contributed by atoms with Gasteiger partial charge in [0.25, 0.3) is 5.91 Å². The van der Waals surface area contributed by atoms with Gasteiger partial charge in [0.05, 0.1) is 0 Å². The highest BCUT2D eigenvalue weighted by molar-refractivity contribution is 5.88. The van der Waals surface area contributed by atoms with Crippen molar-refractivity contribution in [3.8, 4) is 5.75 Å². The Balaban J connectivity index is 2.06. The van der Waals surface area contributed by atoms with Crippen molar-refractivity contribution in [3.63, 3.8) is 0 Å². The number of hydrazone groups is 1. The Morgan fingerprint density at radius 2 is 1.89 bits per heavy atom. The summed E-state index contributed by atoms with van der Waals surface area (Å²) in [5.74, 6) is 0.430. The molecule has 0 unspecified atom stereocenters. The Morgan fingerprint density at radius 1 is 1.16 bits per heavy atom. The molecular formula is C15H16N2O2. The van der Waals surface area contributed by atoms with Gasteiger partial charge in [0, 0.05) is 11.1 Å². The van der Waals surface area contributed by atoms with Crippen molar-refractivity contribution < 1.29 is 9.53 Å². The van der Waals surface area contributed by atoms with Crippen molar-refractivity contribution in [1.29, 1.82) is 0 Å². The van der Waals surface area contributed by atoms with Crippen LogP contribution in [0.4, 0.5) is 0 Å². The number of ether oxygens (including phenoxy) is 1. The minimum Gasteiger partial charge on any atom is -0.483 e. The summed E-state index contributed by atoms with van der Waals surface area (Å²) in [6.45, 7) is 3.57. The van der Waals surface area contributed by atoms with E-state index in [1.165, 1.54) is 0 Å². The molecule has 0 radical (unpaired) electrons. The smallest absolute Gasteiger partial charge is 0.277 e. The lowest BCUT2D eigenvalue weighted by atomic mass is 10.1. The lowest BCUT2D eigenvalue weighted by molar-refractivity contribution is -0.123. The van der Waals surface area contributed by atoms with Gasteiger partial charge in [-0.2, -0.15) is 5.10 Å². The quantitative estimate of drug-likeness (QED) is 0.675. The highest BCUT2D eigenvalue weighted by atomic mass is 16.5. The van der Waals surface area contributed by atoms with Gasteiger partial charge in [0.15, 0.2) is 6.61 Å². The summed E-state index contributed by atoms with van der Waals surface area (Å²) in [4.78, 5) is 11.5. The monoisotopic (exact) mass is 256 g/mol. The van der Waals surface area contributed by atoms with E-state index >= 15 is 0 Å². The van der Waals surface area contributed by atoms with Gasteiger partial charge >= 0.3 is 0 Å². The van der Waals surface area contributed by atoms with Crippen molar-refractivity contribution in [2.24, 2.45) is 5.10 Å². The number of carbonyl (C=O) groups excluding carboxylic acids is 1. The van der Waals surface area contributed by atoms with Crippen molar-refractivity contribution in [2.45, 2.75) is 13.8 Å². The first-order valence-electron chi connectivity index (χ1n) is 6.07. The zero-order valence-electron chi connectivity index (χ0n) is 11.0. The van der Waals surface area contributed by atoms with Crippen LogP contribution in [0.3, 0.4) is 0 Å². The number of benzene rings is 2. The Hall–Kier alpha value is -2.36. The number of hydrogen-bond donors (Lipinski definition) is 1. The minimum atomic E-state index is -0.269. The fourth-order valence-electron chi connectivity index (χ4n) is 1.67. The first kappa shape index (κ1) is 13.1. The molecule has 4 nitrogen and oxygen atoms in total. The number of amides is 1. The topological polar surface area (TPSA) is 50.7 Å². The summed E-state index contributed by atoms with van der Waals surface area (Å²) in [7, 11) is 0. The predicted molar refractivity (Wildman–Crippen MR) is 76.4 cm³/mol. The minimum absolute atomic E-state index is 0.0508. The van der Waals surface area contributed by atoms with Crippen LogP contribution in [0.25, 0.3) is 10.8 Å². The van der Waals surface area contributed by atoms with E-state index in [2.05, 4.69) is 10.5 Å². The largest absolute Gasteiger partial charge is 0.483 e. The van der Waals surface area contributed by atoms with E-state index in [0.29, 0.717) is 5.75 Å². The molecule has 0 fully saturated rings. The maximum absolute atomic E-state index is 11.5. The zero-order chi connectivity index (χ0) is 13.7. The molecule has 1 N–H and O–H groups in total. The molecule has 2 rings (SSSR count). The van der Waals surface area contributed by atoms with E-state index in [1.807, 2.05) is 56.3 Å². The van der Waals surface area contributed by atoms with Crippen LogP contribution in [0.5, 0.6) is 5.75 Å². The van der Waals surface area contributed by atoms with Gasteiger partial charge in [-0.15, -0.1) is 0 Å². The Labute approximate surface area is 112 Å². The molecule has 0 heterocycles. The number of nitrogens with one attached hydrogen (secondary N) is 1. The Morgan fingerprint density at radius 3 is 2.68 bits per heavy atom. The second-order valence-corrected chi connectivity index (χ2v) is 4.36. The Bertz CT molecular complexity index is 611. The standard InChI is InChI=1S/C15H16N2O2/c1-11(2)16-17-15(18)10-19-14-9-5-7-12-6-3-4-8-13(12)14/h3-9H,10H2,1-2H3,(H,17,18). The normalized spacial score (nSPS) is 10.0. The molecule has 98 valence electrons. The average molecular weight is 256 g/mol. The predicted octanol–water partition coefficient (Wildman–Crippen LogP) is 2.73. The summed E-state index contributed by atoms with van der Waals surface area (Å²) >= 11 is 0. The van der Waals surface area contributed by atoms with Crippen molar-refractivity contribution in [2.75, 3.05) is 6.61 Å². The SMILES string of the molecule is CC(C)=NNC(=O)COc1cccc2ccccc12. The van der Waals surface area contributed by atoms with Gasteiger partial charge in [-0.1, -0.05) is 36.4 Å². The number of hydrogen-bond acceptors (Lipinski definition) is 3. The van der Waals surface area contributed by atoms with Gasteiger partial charge in [-0.3, -0.25) is 4.79 Å². The molecule has 0 aliphatic carbocycles. The molecule has 1 amide bonds. The molecule has 4 heteroatoms. The molecule has 0 bridgehead atoms. The Kier molecular flexibility index (Phi) is 4.13. The number of carbonyl (C=O) groups is 1. The van der Waals surface area contributed by atoms with Gasteiger partial charge in [-0.25, -0.2) is 5.43 Å². The average Bonchev–Trinajstić information content (AvgIpc) is 2.42. The van der Waals surface area contributed by atoms with E-state index in [1.54, 1.807) is 0 Å². The molecule has 0 aliphatic rings. The molecule has 0 aliphatic heterocycles. The summed E-state index contributed by atoms with van der Waals surface area (Å²) in [5.41, 5.74) is 3.21. The second-order valence-electron chi connectivity index (χ2n) is 4.36. The fraction of sp³-hybridized carbons (Fsp3) is 0.200. The maximum atomic E-state index is 11.5. The number of rotatable bonds is 4. The zero-order valence-corrected chi connectivity index (χ0v) is 11.0. The van der Waals surface area contributed by atoms with Crippen molar-refractivity contribution in [1.82, 2.24) is 5.43 Å². The molecule has 0 atom stereocenters. The lowest BCUT2D eigenvalue weighted by Gasteiger charge is -2.08. The molecule has 2 aromatic carbocycles. The maximum Gasteiger partial charge on any atom is 0.277 e. The van der Waals surface area contributed by atoms with Gasteiger partial charge in [-0.05, 0) is 25.3 Å². The third-order valence-corrected chi connectivity index (χ3v) is 2.51. The van der Waals surface area contributed by atoms with Crippen LogP contribution in [0.2, 0.25) is 0 Å². The van der Waals surface area contributed by atoms with Crippen LogP contribution < -0.4 is 10.2 Å². The second kappa shape index (κ2) is 6.00. The molecule has 2 aromatic rings. The van der Waals surface area contributed by atoms with Gasteiger partial charge < -0.3 is 4.74 Å². The van der Waals surface area contributed by atoms with E-state index in [0.717, 1.165) is 16.5 Å². The molecule has 0 aromatic heterocycles. The van der Waals surface area contributed by atoms with Crippen LogP contribution in [0.1, 0.15) is 13.8 Å². The molecule has 0 spiro atoms. The van der Waals surface area contributed by atoms with Crippen LogP contribution >= 0.6 is 0 Å². The molecular weight excluding hydrogens is 240 g/mol. The molecule has 19 heavy (non-hydrogen) atoms.